The number of anilines is 1. The van der Waals surface area contributed by atoms with Crippen molar-refractivity contribution in [1.82, 2.24) is 9.38 Å². The number of fused-ring (bicyclic) bond motifs is 1. The van der Waals surface area contributed by atoms with Crippen molar-refractivity contribution >= 4 is 17.2 Å². The fourth-order valence-corrected chi connectivity index (χ4v) is 2.18. The first-order valence-corrected chi connectivity index (χ1v) is 6.82. The van der Waals surface area contributed by atoms with Crippen LogP contribution >= 0.6 is 0 Å². The molecule has 0 radical (unpaired) electrons. The molecule has 0 spiro atoms. The molecule has 1 aromatic carbocycles. The quantitative estimate of drug-likeness (QED) is 0.770. The minimum Gasteiger partial charge on any atom is -0.497 e. The summed E-state index contributed by atoms with van der Waals surface area (Å²) < 4.78 is 7.02. The lowest BCUT2D eigenvalue weighted by Crippen LogP contribution is -2.21. The summed E-state index contributed by atoms with van der Waals surface area (Å²) in [7, 11) is 1.64. The summed E-state index contributed by atoms with van der Waals surface area (Å²) in [5.74, 6) is 0.578. The predicted octanol–water partition coefficient (Wildman–Crippen LogP) is 1.91. The van der Waals surface area contributed by atoms with Crippen LogP contribution in [0.4, 0.5) is 5.69 Å². The van der Waals surface area contributed by atoms with Crippen molar-refractivity contribution in [3.05, 3.63) is 48.8 Å². The molecule has 6 heteroatoms. The minimum absolute atomic E-state index is 0.0426. The smallest absolute Gasteiger partial charge is 0.238 e. The largest absolute Gasteiger partial charge is 0.497 e. The maximum absolute atomic E-state index is 11.3. The first-order valence-electron chi connectivity index (χ1n) is 6.82. The number of pyridine rings is 1. The van der Waals surface area contributed by atoms with E-state index in [9.17, 15) is 4.79 Å². The molecular weight excluding hydrogens is 280 g/mol. The average molecular weight is 296 g/mol. The highest BCUT2D eigenvalue weighted by Crippen LogP contribution is 2.22. The number of nitrogens with two attached hydrogens (primary N) is 1. The zero-order valence-corrected chi connectivity index (χ0v) is 12.1. The van der Waals surface area contributed by atoms with Gasteiger partial charge in [0, 0.05) is 18.0 Å². The number of hydrogen-bond acceptors (Lipinski definition) is 4. The monoisotopic (exact) mass is 296 g/mol. The lowest BCUT2D eigenvalue weighted by Gasteiger charge is -2.03. The van der Waals surface area contributed by atoms with Gasteiger partial charge in [0.1, 0.15) is 11.4 Å². The van der Waals surface area contributed by atoms with Crippen molar-refractivity contribution in [3.8, 4) is 17.0 Å². The Morgan fingerprint density at radius 1 is 1.23 bits per heavy atom. The molecule has 2 heterocycles. The maximum atomic E-state index is 11.3. The number of amides is 1. The highest BCUT2D eigenvalue weighted by Gasteiger charge is 2.06. The number of carbonyl (C=O) groups excluding carboxylic acids is 1. The molecule has 0 fully saturated rings. The van der Waals surface area contributed by atoms with Gasteiger partial charge in [0.2, 0.25) is 5.91 Å². The number of carbonyl (C=O) groups is 1. The third-order valence-corrected chi connectivity index (χ3v) is 3.31. The normalized spacial score (nSPS) is 10.6. The Balaban J connectivity index is 1.93. The van der Waals surface area contributed by atoms with Crippen molar-refractivity contribution in [2.45, 2.75) is 0 Å². The van der Waals surface area contributed by atoms with Crippen molar-refractivity contribution in [1.29, 1.82) is 0 Å². The van der Waals surface area contributed by atoms with Crippen LogP contribution in [0.1, 0.15) is 0 Å². The van der Waals surface area contributed by atoms with Crippen molar-refractivity contribution in [2.24, 2.45) is 5.73 Å². The summed E-state index contributed by atoms with van der Waals surface area (Å²) in [6.45, 7) is -0.0426. The Bertz CT molecular complexity index is 809. The van der Waals surface area contributed by atoms with E-state index in [-0.39, 0.29) is 12.5 Å². The highest BCUT2D eigenvalue weighted by molar-refractivity contribution is 5.92. The van der Waals surface area contributed by atoms with E-state index in [1.54, 1.807) is 13.2 Å². The molecule has 3 aromatic rings. The summed E-state index contributed by atoms with van der Waals surface area (Å²) in [6.07, 6.45) is 3.72. The van der Waals surface area contributed by atoms with Crippen LogP contribution in [0.5, 0.6) is 5.75 Å². The first kappa shape index (κ1) is 14.1. The fourth-order valence-electron chi connectivity index (χ4n) is 2.18. The second-order valence-corrected chi connectivity index (χ2v) is 4.79. The molecule has 3 N–H and O–H groups in total. The molecular formula is C16H16N4O2. The Labute approximate surface area is 127 Å². The topological polar surface area (TPSA) is 81.7 Å². The van der Waals surface area contributed by atoms with Crippen LogP contribution in [0.25, 0.3) is 16.9 Å². The van der Waals surface area contributed by atoms with Gasteiger partial charge < -0.3 is 20.2 Å². The second-order valence-electron chi connectivity index (χ2n) is 4.79. The Hall–Kier alpha value is -2.86. The number of nitrogens with one attached hydrogen (secondary N) is 1. The third-order valence-electron chi connectivity index (χ3n) is 3.31. The number of hydrogen-bond donors (Lipinski definition) is 2. The molecule has 0 aliphatic heterocycles. The van der Waals surface area contributed by atoms with E-state index in [4.69, 9.17) is 10.5 Å². The molecule has 22 heavy (non-hydrogen) atoms. The minimum atomic E-state index is -0.227. The number of benzene rings is 1. The Morgan fingerprint density at radius 3 is 2.68 bits per heavy atom. The number of ether oxygens (including phenoxy) is 1. The van der Waals surface area contributed by atoms with Gasteiger partial charge in [-0.2, -0.15) is 0 Å². The molecule has 0 aliphatic rings. The zero-order valence-electron chi connectivity index (χ0n) is 12.1. The molecule has 0 bridgehead atoms. The van der Waals surface area contributed by atoms with Crippen LogP contribution in [0.2, 0.25) is 0 Å². The molecule has 112 valence electrons. The van der Waals surface area contributed by atoms with Crippen LogP contribution in [-0.4, -0.2) is 28.9 Å². The molecule has 0 unspecified atom stereocenters. The molecule has 2 aromatic heterocycles. The van der Waals surface area contributed by atoms with Gasteiger partial charge in [-0.1, -0.05) is 0 Å². The van der Waals surface area contributed by atoms with Crippen LogP contribution in [0.15, 0.2) is 48.8 Å². The van der Waals surface area contributed by atoms with E-state index in [0.29, 0.717) is 5.69 Å². The van der Waals surface area contributed by atoms with E-state index in [1.165, 1.54) is 0 Å². The molecule has 0 saturated heterocycles. The summed E-state index contributed by atoms with van der Waals surface area (Å²) in [5.41, 5.74) is 8.63. The van der Waals surface area contributed by atoms with Crippen molar-refractivity contribution in [2.75, 3.05) is 19.0 Å². The summed E-state index contributed by atoms with van der Waals surface area (Å²) in [4.78, 5) is 15.9. The molecule has 0 aliphatic carbocycles. The molecule has 3 rings (SSSR count). The van der Waals surface area contributed by atoms with Gasteiger partial charge in [-0.15, -0.1) is 0 Å². The van der Waals surface area contributed by atoms with Crippen LogP contribution < -0.4 is 15.8 Å². The van der Waals surface area contributed by atoms with E-state index in [1.807, 2.05) is 47.1 Å². The zero-order chi connectivity index (χ0) is 15.5. The first-order chi connectivity index (χ1) is 10.7. The summed E-state index contributed by atoms with van der Waals surface area (Å²) in [6, 6.07) is 11.3. The molecule has 1 amide bonds. The van der Waals surface area contributed by atoms with Gasteiger partial charge in [0.25, 0.3) is 0 Å². The molecule has 0 saturated carbocycles. The average Bonchev–Trinajstić information content (AvgIpc) is 2.98. The van der Waals surface area contributed by atoms with Gasteiger partial charge in [-0.05, 0) is 36.4 Å². The molecule has 0 atom stereocenters. The predicted molar refractivity (Wildman–Crippen MR) is 84.9 cm³/mol. The van der Waals surface area contributed by atoms with E-state index in [0.717, 1.165) is 22.7 Å². The summed E-state index contributed by atoms with van der Waals surface area (Å²) in [5, 5.41) is 2.72. The number of aromatic nitrogens is 2. The van der Waals surface area contributed by atoms with E-state index >= 15 is 0 Å². The van der Waals surface area contributed by atoms with Gasteiger partial charge in [0.05, 0.1) is 25.0 Å². The van der Waals surface area contributed by atoms with Gasteiger partial charge in [-0.3, -0.25) is 4.79 Å². The lowest BCUT2D eigenvalue weighted by molar-refractivity contribution is -0.114. The number of rotatable bonds is 4. The highest BCUT2D eigenvalue weighted by atomic mass is 16.5. The molecule has 6 nitrogen and oxygen atoms in total. The Morgan fingerprint density at radius 2 is 2.00 bits per heavy atom. The maximum Gasteiger partial charge on any atom is 0.238 e. The third kappa shape index (κ3) is 2.77. The SMILES string of the molecule is COc1ccc(-c2cn3cc(NC(=O)CN)ccc3n2)cc1. The van der Waals surface area contributed by atoms with Gasteiger partial charge in [-0.25, -0.2) is 4.98 Å². The standard InChI is InChI=1S/C16H16N4O2/c1-22-13-5-2-11(3-6-13)14-10-20-9-12(18-16(21)8-17)4-7-15(20)19-14/h2-7,9-10H,8,17H2,1H3,(H,18,21). The lowest BCUT2D eigenvalue weighted by atomic mass is 10.2. The summed E-state index contributed by atoms with van der Waals surface area (Å²) >= 11 is 0. The Kier molecular flexibility index (Phi) is 3.76. The van der Waals surface area contributed by atoms with Crippen molar-refractivity contribution in [3.63, 3.8) is 0 Å². The van der Waals surface area contributed by atoms with Crippen LogP contribution in [0.3, 0.4) is 0 Å². The number of nitrogens with zero attached hydrogens (tertiary/aromatic N) is 2. The van der Waals surface area contributed by atoms with Crippen molar-refractivity contribution < 1.29 is 9.53 Å². The van der Waals surface area contributed by atoms with E-state index < -0.39 is 0 Å². The van der Waals surface area contributed by atoms with Gasteiger partial charge in [0.15, 0.2) is 0 Å². The number of methoxy groups -OCH3 is 1. The number of imidazole rings is 1. The fraction of sp³-hybridized carbons (Fsp3) is 0.125. The van der Waals surface area contributed by atoms with Crippen LogP contribution in [-0.2, 0) is 4.79 Å². The van der Waals surface area contributed by atoms with E-state index in [2.05, 4.69) is 10.3 Å². The van der Waals surface area contributed by atoms with Gasteiger partial charge >= 0.3 is 0 Å². The van der Waals surface area contributed by atoms with Crippen LogP contribution in [0, 0.1) is 0 Å². The second kappa shape index (κ2) is 5.87.